The van der Waals surface area contributed by atoms with Crippen LogP contribution in [0.3, 0.4) is 0 Å². The molecule has 0 aliphatic carbocycles. The van der Waals surface area contributed by atoms with Crippen LogP contribution in [-0.2, 0) is 18.3 Å². The molecule has 2 aliphatic rings. The van der Waals surface area contributed by atoms with E-state index in [1.807, 2.05) is 36.0 Å². The van der Waals surface area contributed by atoms with Crippen LogP contribution in [0.15, 0.2) is 29.3 Å². The van der Waals surface area contributed by atoms with Crippen molar-refractivity contribution in [2.75, 3.05) is 38.2 Å². The molecule has 1 atom stereocenters. The predicted octanol–water partition coefficient (Wildman–Crippen LogP) is 3.62. The lowest BCUT2D eigenvalue weighted by molar-refractivity contribution is 0.0942. The Morgan fingerprint density at radius 3 is 2.78 bits per heavy atom. The molecule has 174 valence electrons. The molecule has 2 aromatic rings. The molecular weight excluding hydrogens is 422 g/mol. The van der Waals surface area contributed by atoms with E-state index in [2.05, 4.69) is 33.4 Å². The predicted molar refractivity (Wildman–Crippen MR) is 129 cm³/mol. The Labute approximate surface area is 195 Å². The first-order valence-electron chi connectivity index (χ1n) is 11.5. The molecule has 2 saturated heterocycles. The number of nitrogens with one attached hydrogen (secondary N) is 1. The molecule has 1 N–H and O–H groups in total. The molecule has 1 amide bonds. The number of ether oxygens (including phenoxy) is 1. The summed E-state index contributed by atoms with van der Waals surface area (Å²) in [5.74, 6) is 1.69. The van der Waals surface area contributed by atoms with Crippen molar-refractivity contribution in [3.63, 3.8) is 0 Å². The normalized spacial score (nSPS) is 20.1. The zero-order valence-corrected chi connectivity index (χ0v) is 20.5. The molecule has 32 heavy (non-hydrogen) atoms. The van der Waals surface area contributed by atoms with Gasteiger partial charge in [-0.3, -0.25) is 4.79 Å². The van der Waals surface area contributed by atoms with Crippen molar-refractivity contribution in [2.24, 2.45) is 13.0 Å². The van der Waals surface area contributed by atoms with Gasteiger partial charge in [-0.25, -0.2) is 9.29 Å². The molecule has 0 saturated carbocycles. The lowest BCUT2D eigenvalue weighted by Gasteiger charge is -2.28. The van der Waals surface area contributed by atoms with Crippen LogP contribution in [-0.4, -0.2) is 59.2 Å². The molecule has 0 aromatic carbocycles. The van der Waals surface area contributed by atoms with Gasteiger partial charge in [-0.2, -0.15) is 0 Å². The van der Waals surface area contributed by atoms with Crippen LogP contribution in [0.1, 0.15) is 47.9 Å². The lowest BCUT2D eigenvalue weighted by atomic mass is 10.0. The van der Waals surface area contributed by atoms with Crippen LogP contribution in [0.2, 0.25) is 0 Å². The third-order valence-electron chi connectivity index (χ3n) is 6.78. The van der Waals surface area contributed by atoms with E-state index in [0.717, 1.165) is 60.5 Å². The zero-order chi connectivity index (χ0) is 22.7. The number of amides is 1. The number of carbonyl (C=O) groups excluding carboxylic acids is 1. The average Bonchev–Trinajstić information content (AvgIpc) is 3.40. The van der Waals surface area contributed by atoms with Crippen LogP contribution >= 0.6 is 11.9 Å². The Hall–Kier alpha value is -2.03. The number of anilines is 1. The number of rotatable bonds is 7. The summed E-state index contributed by atoms with van der Waals surface area (Å²) in [5, 5.41) is 3.11. The van der Waals surface area contributed by atoms with E-state index in [4.69, 9.17) is 4.74 Å². The van der Waals surface area contributed by atoms with E-state index < -0.39 is 0 Å². The third kappa shape index (κ3) is 5.13. The number of nitrogens with zero attached hydrogens (tertiary/aromatic N) is 4. The standard InChI is InChI=1S/C24H35N5O2S/c1-17-7-12-29(13-8-17)32-22-14-21(27(3)18(22)2)24(30)26-15-19-6-5-10-25-23(19)28-11-9-20(16-28)31-4/h5-6,10,14,17,20H,7-9,11-13,15-16H2,1-4H3,(H,26,30). The average molecular weight is 458 g/mol. The molecule has 2 aliphatic heterocycles. The molecule has 4 heterocycles. The Bertz CT molecular complexity index is 938. The fourth-order valence-electron chi connectivity index (χ4n) is 4.43. The molecule has 0 spiro atoms. The first-order valence-corrected chi connectivity index (χ1v) is 12.3. The summed E-state index contributed by atoms with van der Waals surface area (Å²) in [6.07, 6.45) is 5.53. The topological polar surface area (TPSA) is 62.6 Å². The minimum absolute atomic E-state index is 0.0549. The van der Waals surface area contributed by atoms with E-state index in [9.17, 15) is 4.79 Å². The van der Waals surface area contributed by atoms with Crippen molar-refractivity contribution in [1.82, 2.24) is 19.2 Å². The third-order valence-corrected chi connectivity index (χ3v) is 8.01. The van der Waals surface area contributed by atoms with Crippen LogP contribution in [0.5, 0.6) is 0 Å². The van der Waals surface area contributed by atoms with Gasteiger partial charge in [0, 0.05) is 69.2 Å². The molecule has 7 nitrogen and oxygen atoms in total. The molecule has 8 heteroatoms. The van der Waals surface area contributed by atoms with Crippen LogP contribution in [0.4, 0.5) is 5.82 Å². The highest BCUT2D eigenvalue weighted by Crippen LogP contribution is 2.32. The number of methoxy groups -OCH3 is 1. The number of piperidine rings is 1. The Morgan fingerprint density at radius 1 is 1.28 bits per heavy atom. The lowest BCUT2D eigenvalue weighted by Crippen LogP contribution is -2.28. The molecule has 2 fully saturated rings. The zero-order valence-electron chi connectivity index (χ0n) is 19.6. The van der Waals surface area contributed by atoms with Crippen molar-refractivity contribution in [3.8, 4) is 0 Å². The van der Waals surface area contributed by atoms with Gasteiger partial charge in [-0.15, -0.1) is 0 Å². The maximum atomic E-state index is 13.1. The van der Waals surface area contributed by atoms with Gasteiger partial charge >= 0.3 is 0 Å². The van der Waals surface area contributed by atoms with Gasteiger partial charge < -0.3 is 19.5 Å². The highest BCUT2D eigenvalue weighted by molar-refractivity contribution is 7.97. The second kappa shape index (κ2) is 10.3. The highest BCUT2D eigenvalue weighted by atomic mass is 32.2. The summed E-state index contributed by atoms with van der Waals surface area (Å²) in [5.41, 5.74) is 2.85. The molecular formula is C24H35N5O2S. The van der Waals surface area contributed by atoms with Gasteiger partial charge in [0.15, 0.2) is 0 Å². The van der Waals surface area contributed by atoms with Crippen molar-refractivity contribution in [1.29, 1.82) is 0 Å². The Balaban J connectivity index is 1.41. The van der Waals surface area contributed by atoms with E-state index in [0.29, 0.717) is 12.2 Å². The summed E-state index contributed by atoms with van der Waals surface area (Å²) in [7, 11) is 3.73. The smallest absolute Gasteiger partial charge is 0.268 e. The maximum Gasteiger partial charge on any atom is 0.268 e. The number of hydrogen-bond acceptors (Lipinski definition) is 6. The number of pyridine rings is 1. The van der Waals surface area contributed by atoms with Gasteiger partial charge in [0.1, 0.15) is 11.5 Å². The summed E-state index contributed by atoms with van der Waals surface area (Å²) in [6, 6.07) is 5.99. The number of carbonyl (C=O) groups is 1. The SMILES string of the molecule is COC1CCN(c2ncccc2CNC(=O)c2cc(SN3CCC(C)CC3)c(C)n2C)C1. The molecule has 0 bridgehead atoms. The van der Waals surface area contributed by atoms with E-state index in [1.54, 1.807) is 19.1 Å². The summed E-state index contributed by atoms with van der Waals surface area (Å²) in [4.78, 5) is 21.1. The van der Waals surface area contributed by atoms with E-state index in [-0.39, 0.29) is 12.0 Å². The Kier molecular flexibility index (Phi) is 7.43. The van der Waals surface area contributed by atoms with Gasteiger partial charge in [-0.05, 0) is 56.2 Å². The second-order valence-corrected chi connectivity index (χ2v) is 10.1. The number of aromatic nitrogens is 2. The fraction of sp³-hybridized carbons (Fsp3) is 0.583. The first kappa shape index (κ1) is 23.1. The van der Waals surface area contributed by atoms with Crippen LogP contribution in [0.25, 0.3) is 0 Å². The summed E-state index contributed by atoms with van der Waals surface area (Å²) < 4.78 is 9.92. The van der Waals surface area contributed by atoms with Gasteiger partial charge in [0.25, 0.3) is 5.91 Å². The van der Waals surface area contributed by atoms with Crippen molar-refractivity contribution >= 4 is 23.7 Å². The fourth-order valence-corrected chi connectivity index (χ4v) is 5.53. The second-order valence-electron chi connectivity index (χ2n) is 9.00. The van der Waals surface area contributed by atoms with Gasteiger partial charge in [0.2, 0.25) is 0 Å². The monoisotopic (exact) mass is 457 g/mol. The van der Waals surface area contributed by atoms with Gasteiger partial charge in [0.05, 0.1) is 6.10 Å². The van der Waals surface area contributed by atoms with Crippen molar-refractivity contribution in [3.05, 3.63) is 41.3 Å². The Morgan fingerprint density at radius 2 is 2.06 bits per heavy atom. The minimum Gasteiger partial charge on any atom is -0.380 e. The minimum atomic E-state index is -0.0549. The number of hydrogen-bond donors (Lipinski definition) is 1. The molecule has 4 rings (SSSR count). The molecule has 2 aromatic heterocycles. The summed E-state index contributed by atoms with van der Waals surface area (Å²) >= 11 is 1.79. The van der Waals surface area contributed by atoms with Crippen LogP contribution < -0.4 is 10.2 Å². The molecule has 1 unspecified atom stereocenters. The first-order chi connectivity index (χ1) is 15.5. The van der Waals surface area contributed by atoms with Crippen molar-refractivity contribution in [2.45, 2.75) is 50.7 Å². The van der Waals surface area contributed by atoms with Crippen LogP contribution in [0, 0.1) is 12.8 Å². The molecule has 0 radical (unpaired) electrons. The largest absolute Gasteiger partial charge is 0.380 e. The van der Waals surface area contributed by atoms with Crippen molar-refractivity contribution < 1.29 is 9.53 Å². The maximum absolute atomic E-state index is 13.1. The van der Waals surface area contributed by atoms with E-state index >= 15 is 0 Å². The van der Waals surface area contributed by atoms with Gasteiger partial charge in [-0.1, -0.05) is 13.0 Å². The summed E-state index contributed by atoms with van der Waals surface area (Å²) in [6.45, 7) is 8.82. The highest BCUT2D eigenvalue weighted by Gasteiger charge is 2.25. The van der Waals surface area contributed by atoms with E-state index in [1.165, 1.54) is 12.8 Å². The quantitative estimate of drug-likeness (QED) is 0.641.